The van der Waals surface area contributed by atoms with Crippen LogP contribution in [0.3, 0.4) is 0 Å². The first-order valence-corrected chi connectivity index (χ1v) is 9.73. The van der Waals surface area contributed by atoms with Crippen LogP contribution in [0.2, 0.25) is 0 Å². The molecule has 10 heteroatoms. The van der Waals surface area contributed by atoms with Gasteiger partial charge in [-0.1, -0.05) is 19.3 Å². The topological polar surface area (TPSA) is 87.8 Å². The minimum absolute atomic E-state index is 0. The van der Waals surface area contributed by atoms with Crippen LogP contribution in [0.5, 0.6) is 0 Å². The van der Waals surface area contributed by atoms with Gasteiger partial charge in [-0.2, -0.15) is 13.1 Å². The number of hydrogen-bond donors (Lipinski definition) is 2. The third-order valence-corrected chi connectivity index (χ3v) is 6.17. The number of sulfonamides is 1. The molecule has 0 unspecified atom stereocenters. The molecular formula is C14H27F2IN4O2S. The molecule has 1 heterocycles. The van der Waals surface area contributed by atoms with Crippen LogP contribution in [0.4, 0.5) is 8.78 Å². The van der Waals surface area contributed by atoms with E-state index in [0.29, 0.717) is 31.4 Å². The van der Waals surface area contributed by atoms with Crippen LogP contribution in [0.15, 0.2) is 4.99 Å². The number of guanidine groups is 1. The van der Waals surface area contributed by atoms with Crippen molar-refractivity contribution in [3.8, 4) is 0 Å². The van der Waals surface area contributed by atoms with Crippen LogP contribution < -0.4 is 11.1 Å². The standard InChI is InChI=1S/C14H26F2N4O2S.HI/c15-13(16)23(21,22)20-8-6-11(7-9-20)10-18-14(17)19-12-4-2-1-3-5-12;/h11-13H,1-10H2,(H3,17,18,19);1H. The lowest BCUT2D eigenvalue weighted by atomic mass is 9.96. The zero-order valence-electron chi connectivity index (χ0n) is 13.7. The molecule has 1 aliphatic carbocycles. The molecule has 0 radical (unpaired) electrons. The number of alkyl halides is 2. The maximum Gasteiger partial charge on any atom is 0.350 e. The van der Waals surface area contributed by atoms with Crippen LogP contribution in [-0.2, 0) is 10.0 Å². The Morgan fingerprint density at radius 3 is 2.29 bits per heavy atom. The highest BCUT2D eigenvalue weighted by Crippen LogP contribution is 2.23. The van der Waals surface area contributed by atoms with E-state index in [-0.39, 0.29) is 43.0 Å². The van der Waals surface area contributed by atoms with E-state index in [1.807, 2.05) is 0 Å². The summed E-state index contributed by atoms with van der Waals surface area (Å²) < 4.78 is 48.7. The van der Waals surface area contributed by atoms with Gasteiger partial charge in [-0.3, -0.25) is 4.99 Å². The monoisotopic (exact) mass is 480 g/mol. The van der Waals surface area contributed by atoms with E-state index in [1.165, 1.54) is 19.3 Å². The molecule has 0 bridgehead atoms. The van der Waals surface area contributed by atoms with Crippen molar-refractivity contribution < 1.29 is 17.2 Å². The Morgan fingerprint density at radius 1 is 1.17 bits per heavy atom. The molecule has 2 rings (SSSR count). The number of piperidine rings is 1. The SMILES string of the molecule is I.NC(=NCC1CCN(S(=O)(=O)C(F)F)CC1)NC1CCCCC1. The Hall–Kier alpha value is -0.230. The molecule has 1 saturated carbocycles. The van der Waals surface area contributed by atoms with E-state index in [4.69, 9.17) is 5.73 Å². The fraction of sp³-hybridized carbons (Fsp3) is 0.929. The van der Waals surface area contributed by atoms with E-state index in [2.05, 4.69) is 10.3 Å². The lowest BCUT2D eigenvalue weighted by Gasteiger charge is -2.30. The second kappa shape index (κ2) is 10.0. The Labute approximate surface area is 159 Å². The van der Waals surface area contributed by atoms with Gasteiger partial charge in [-0.25, -0.2) is 8.42 Å². The highest BCUT2D eigenvalue weighted by Gasteiger charge is 2.34. The number of aliphatic imine (C=N–C) groups is 1. The second-order valence-corrected chi connectivity index (χ2v) is 8.26. The maximum absolute atomic E-state index is 12.5. The van der Waals surface area contributed by atoms with Crippen molar-refractivity contribution in [1.29, 1.82) is 0 Å². The molecule has 142 valence electrons. The minimum Gasteiger partial charge on any atom is -0.370 e. The fourth-order valence-electron chi connectivity index (χ4n) is 3.19. The molecule has 1 saturated heterocycles. The molecule has 2 aliphatic rings. The van der Waals surface area contributed by atoms with E-state index in [9.17, 15) is 17.2 Å². The van der Waals surface area contributed by atoms with Gasteiger partial charge >= 0.3 is 5.76 Å². The van der Waals surface area contributed by atoms with E-state index in [1.54, 1.807) is 0 Å². The van der Waals surface area contributed by atoms with Gasteiger partial charge in [0.05, 0.1) is 0 Å². The number of nitrogens with two attached hydrogens (primary N) is 1. The van der Waals surface area contributed by atoms with Gasteiger partial charge in [0.1, 0.15) is 0 Å². The molecule has 3 N–H and O–H groups in total. The Balaban J connectivity index is 0.00000288. The third kappa shape index (κ3) is 6.25. The Kier molecular flexibility index (Phi) is 9.13. The van der Waals surface area contributed by atoms with Gasteiger partial charge in [0.2, 0.25) is 0 Å². The molecular weight excluding hydrogens is 453 g/mol. The normalized spacial score (nSPS) is 22.4. The van der Waals surface area contributed by atoms with Crippen LogP contribution in [-0.4, -0.2) is 50.1 Å². The molecule has 6 nitrogen and oxygen atoms in total. The van der Waals surface area contributed by atoms with Gasteiger partial charge < -0.3 is 11.1 Å². The first kappa shape index (κ1) is 21.8. The molecule has 0 aromatic carbocycles. The zero-order chi connectivity index (χ0) is 16.9. The van der Waals surface area contributed by atoms with Gasteiger partial charge in [0.25, 0.3) is 10.0 Å². The smallest absolute Gasteiger partial charge is 0.350 e. The summed E-state index contributed by atoms with van der Waals surface area (Å²) in [5.74, 6) is -2.72. The van der Waals surface area contributed by atoms with Crippen LogP contribution in [0, 0.1) is 5.92 Å². The van der Waals surface area contributed by atoms with Crippen molar-refractivity contribution in [1.82, 2.24) is 9.62 Å². The highest BCUT2D eigenvalue weighted by atomic mass is 127. The average Bonchev–Trinajstić information content (AvgIpc) is 2.54. The summed E-state index contributed by atoms with van der Waals surface area (Å²) in [6.07, 6.45) is 6.98. The van der Waals surface area contributed by atoms with Crippen molar-refractivity contribution in [2.45, 2.75) is 56.7 Å². The fourth-order valence-corrected chi connectivity index (χ4v) is 4.13. The molecule has 0 aromatic rings. The van der Waals surface area contributed by atoms with Crippen molar-refractivity contribution in [2.24, 2.45) is 16.6 Å². The molecule has 0 aromatic heterocycles. The van der Waals surface area contributed by atoms with Gasteiger partial charge in [0, 0.05) is 25.7 Å². The summed E-state index contributed by atoms with van der Waals surface area (Å²) in [5.41, 5.74) is 5.89. The molecule has 0 atom stereocenters. The largest absolute Gasteiger partial charge is 0.370 e. The molecule has 0 amide bonds. The Morgan fingerprint density at radius 2 is 1.75 bits per heavy atom. The first-order valence-electron chi connectivity index (χ1n) is 8.23. The Bertz CT molecular complexity index is 505. The number of rotatable bonds is 5. The predicted molar refractivity (Wildman–Crippen MR) is 101 cm³/mol. The van der Waals surface area contributed by atoms with Crippen molar-refractivity contribution in [3.63, 3.8) is 0 Å². The number of nitrogens with one attached hydrogen (secondary N) is 1. The average molecular weight is 480 g/mol. The highest BCUT2D eigenvalue weighted by molar-refractivity contribution is 14.0. The minimum atomic E-state index is -4.45. The molecule has 1 aliphatic heterocycles. The van der Waals surface area contributed by atoms with Crippen molar-refractivity contribution >= 4 is 40.0 Å². The second-order valence-electron chi connectivity index (χ2n) is 6.35. The van der Waals surface area contributed by atoms with Crippen LogP contribution in [0.1, 0.15) is 44.9 Å². The number of hydrogen-bond acceptors (Lipinski definition) is 3. The number of halogens is 3. The predicted octanol–water partition coefficient (Wildman–Crippen LogP) is 2.11. The van der Waals surface area contributed by atoms with Crippen molar-refractivity contribution in [2.75, 3.05) is 19.6 Å². The van der Waals surface area contributed by atoms with Gasteiger partial charge in [0.15, 0.2) is 5.96 Å². The van der Waals surface area contributed by atoms with E-state index in [0.717, 1.165) is 17.1 Å². The lowest BCUT2D eigenvalue weighted by Crippen LogP contribution is -2.43. The summed E-state index contributed by atoms with van der Waals surface area (Å²) in [6, 6.07) is 0.394. The zero-order valence-corrected chi connectivity index (χ0v) is 16.8. The van der Waals surface area contributed by atoms with Crippen molar-refractivity contribution in [3.05, 3.63) is 0 Å². The quantitative estimate of drug-likeness (QED) is 0.359. The number of nitrogens with zero attached hydrogens (tertiary/aromatic N) is 2. The third-order valence-electron chi connectivity index (χ3n) is 4.64. The van der Waals surface area contributed by atoms with E-state index < -0.39 is 15.8 Å². The lowest BCUT2D eigenvalue weighted by molar-refractivity contribution is 0.205. The molecule has 2 fully saturated rings. The summed E-state index contributed by atoms with van der Waals surface area (Å²) in [6.45, 7) is 0.764. The maximum atomic E-state index is 12.5. The van der Waals surface area contributed by atoms with Gasteiger partial charge in [-0.05, 0) is 31.6 Å². The summed E-state index contributed by atoms with van der Waals surface area (Å²) in [5, 5.41) is 3.23. The first-order chi connectivity index (χ1) is 10.9. The van der Waals surface area contributed by atoms with Crippen LogP contribution in [0.25, 0.3) is 0 Å². The summed E-state index contributed by atoms with van der Waals surface area (Å²) in [4.78, 5) is 4.33. The molecule has 24 heavy (non-hydrogen) atoms. The molecule has 0 spiro atoms. The van der Waals surface area contributed by atoms with Gasteiger partial charge in [-0.15, -0.1) is 24.0 Å². The van der Waals surface area contributed by atoms with Crippen LogP contribution >= 0.6 is 24.0 Å². The van der Waals surface area contributed by atoms with E-state index >= 15 is 0 Å². The summed E-state index contributed by atoms with van der Waals surface area (Å²) >= 11 is 0. The summed E-state index contributed by atoms with van der Waals surface area (Å²) in [7, 11) is -4.45.